The number of hydrogen-bond donors (Lipinski definition) is 0. The fraction of sp³-hybridized carbons (Fsp3) is 0.791. The molecule has 0 aromatic heterocycles. The molecule has 0 atom stereocenters. The van der Waals surface area contributed by atoms with E-state index in [1.165, 1.54) is 32.1 Å². The van der Waals surface area contributed by atoms with E-state index < -0.39 is 6.16 Å². The lowest BCUT2D eigenvalue weighted by Gasteiger charge is -2.15. The third kappa shape index (κ3) is 30.1. The summed E-state index contributed by atoms with van der Waals surface area (Å²) in [7, 11) is 3.96. The van der Waals surface area contributed by atoms with Crippen LogP contribution in [0.1, 0.15) is 167 Å². The molecule has 0 saturated heterocycles. The Morgan fingerprint density at radius 3 is 1.60 bits per heavy atom. The van der Waals surface area contributed by atoms with Gasteiger partial charge in [0.15, 0.2) is 0 Å². The Kier molecular flexibility index (Phi) is 31.5. The summed E-state index contributed by atoms with van der Waals surface area (Å²) in [5.74, 6) is 1.24. The number of benzene rings is 1. The van der Waals surface area contributed by atoms with Crippen LogP contribution < -0.4 is 9.47 Å². The van der Waals surface area contributed by atoms with Crippen LogP contribution in [-0.4, -0.2) is 76.7 Å². The van der Waals surface area contributed by atoms with Crippen LogP contribution in [0.2, 0.25) is 0 Å². The van der Waals surface area contributed by atoms with Crippen LogP contribution in [0.3, 0.4) is 0 Å². The van der Waals surface area contributed by atoms with E-state index in [-0.39, 0.29) is 18.5 Å². The molecule has 1 rings (SSSR count). The Bertz CT molecular complexity index is 1050. The third-order valence-electron chi connectivity index (χ3n) is 8.92. The fourth-order valence-corrected chi connectivity index (χ4v) is 5.76. The first kappa shape index (κ1) is 48.0. The van der Waals surface area contributed by atoms with Gasteiger partial charge in [0.1, 0.15) is 18.1 Å². The van der Waals surface area contributed by atoms with E-state index in [2.05, 4.69) is 6.92 Å². The molecule has 10 heteroatoms. The van der Waals surface area contributed by atoms with Gasteiger partial charge < -0.3 is 33.3 Å². The first-order valence-corrected chi connectivity index (χ1v) is 21.0. The summed E-state index contributed by atoms with van der Waals surface area (Å²) in [6, 6.07) is 5.68. The molecule has 0 amide bonds. The fourth-order valence-electron chi connectivity index (χ4n) is 5.76. The Morgan fingerprint density at radius 1 is 0.509 bits per heavy atom. The molecule has 0 radical (unpaired) electrons. The van der Waals surface area contributed by atoms with Gasteiger partial charge in [-0.15, -0.1) is 0 Å². The largest absolute Gasteiger partial charge is 0.508 e. The van der Waals surface area contributed by atoms with Crippen molar-refractivity contribution in [2.45, 2.75) is 168 Å². The molecule has 306 valence electrons. The highest BCUT2D eigenvalue weighted by Gasteiger charge is 2.12. The molecule has 10 nitrogen and oxygen atoms in total. The maximum Gasteiger partial charge on any atom is 0.508 e. The van der Waals surface area contributed by atoms with E-state index in [1.54, 1.807) is 0 Å². The molecule has 0 aliphatic rings. The lowest BCUT2D eigenvalue weighted by molar-refractivity contribution is -0.144. The maximum absolute atomic E-state index is 12.2. The zero-order chi connectivity index (χ0) is 38.6. The highest BCUT2D eigenvalue weighted by molar-refractivity contribution is 5.69. The molecule has 0 fully saturated rings. The van der Waals surface area contributed by atoms with Crippen LogP contribution in [-0.2, 0) is 35.1 Å². The van der Waals surface area contributed by atoms with Crippen molar-refractivity contribution in [2.75, 3.05) is 53.7 Å². The predicted molar refractivity (Wildman–Crippen MR) is 212 cm³/mol. The minimum Gasteiger partial charge on any atom is -0.494 e. The second-order valence-electron chi connectivity index (χ2n) is 14.3. The first-order valence-electron chi connectivity index (χ1n) is 21.0. The molecule has 0 spiro atoms. The topological polar surface area (TPSA) is 110 Å². The van der Waals surface area contributed by atoms with Gasteiger partial charge in [0.2, 0.25) is 0 Å². The normalized spacial score (nSPS) is 11.0. The summed E-state index contributed by atoms with van der Waals surface area (Å²) in [5.41, 5.74) is 0.744. The summed E-state index contributed by atoms with van der Waals surface area (Å²) in [5, 5.41) is 0. The maximum atomic E-state index is 12.2. The molecule has 1 aromatic carbocycles. The van der Waals surface area contributed by atoms with E-state index >= 15 is 0 Å². The van der Waals surface area contributed by atoms with Crippen molar-refractivity contribution in [3.05, 3.63) is 23.8 Å². The van der Waals surface area contributed by atoms with Crippen LogP contribution in [0.4, 0.5) is 4.79 Å². The van der Waals surface area contributed by atoms with Crippen molar-refractivity contribution < 1.29 is 42.8 Å². The van der Waals surface area contributed by atoms with Gasteiger partial charge >= 0.3 is 18.1 Å². The second kappa shape index (κ2) is 34.7. The number of carbonyl (C=O) groups is 3. The van der Waals surface area contributed by atoms with Gasteiger partial charge in [-0.25, -0.2) is 4.79 Å². The van der Waals surface area contributed by atoms with Crippen LogP contribution in [0, 0.1) is 0 Å². The van der Waals surface area contributed by atoms with Crippen LogP contribution in [0.5, 0.6) is 11.5 Å². The van der Waals surface area contributed by atoms with Crippen molar-refractivity contribution in [1.29, 1.82) is 0 Å². The Morgan fingerprint density at radius 2 is 1.02 bits per heavy atom. The van der Waals surface area contributed by atoms with Crippen LogP contribution >= 0.6 is 0 Å². The van der Waals surface area contributed by atoms with Gasteiger partial charge in [0, 0.05) is 24.9 Å². The lowest BCUT2D eigenvalue weighted by atomic mass is 10.1. The van der Waals surface area contributed by atoms with Gasteiger partial charge in [-0.3, -0.25) is 9.59 Å². The number of ether oxygens (including phenoxy) is 6. The van der Waals surface area contributed by atoms with Crippen LogP contribution in [0.15, 0.2) is 18.2 Å². The Hall–Kier alpha value is -3.01. The van der Waals surface area contributed by atoms with Gasteiger partial charge in [0.05, 0.1) is 33.0 Å². The summed E-state index contributed by atoms with van der Waals surface area (Å²) < 4.78 is 33.5. The van der Waals surface area contributed by atoms with Gasteiger partial charge in [-0.05, 0) is 77.2 Å². The number of nitrogens with zero attached hydrogens (tertiary/aromatic N) is 1. The van der Waals surface area contributed by atoms with Crippen molar-refractivity contribution in [2.24, 2.45) is 0 Å². The molecule has 0 N–H and O–H groups in total. The lowest BCUT2D eigenvalue weighted by Crippen LogP contribution is -2.16. The smallest absolute Gasteiger partial charge is 0.494 e. The van der Waals surface area contributed by atoms with Gasteiger partial charge in [-0.2, -0.15) is 0 Å². The highest BCUT2D eigenvalue weighted by atomic mass is 16.7. The molecule has 0 unspecified atom stereocenters. The van der Waals surface area contributed by atoms with E-state index in [0.717, 1.165) is 115 Å². The SMILES string of the molecule is CCCCCCCCCC(=O)OCCCCCCCCOc1ccc(OCCCCCCCCOC(=O)CCC)c(COC(=O)OCCCN(C)C)c1. The van der Waals surface area contributed by atoms with E-state index in [4.69, 9.17) is 28.4 Å². The van der Waals surface area contributed by atoms with Crippen molar-refractivity contribution in [3.8, 4) is 11.5 Å². The van der Waals surface area contributed by atoms with Crippen LogP contribution in [0.25, 0.3) is 0 Å². The number of carbonyl (C=O) groups excluding carboxylic acids is 3. The van der Waals surface area contributed by atoms with E-state index in [9.17, 15) is 14.4 Å². The molecule has 53 heavy (non-hydrogen) atoms. The van der Waals surface area contributed by atoms with E-state index in [0.29, 0.717) is 57.4 Å². The zero-order valence-corrected chi connectivity index (χ0v) is 34.1. The quantitative estimate of drug-likeness (QED) is 0.0373. The monoisotopic (exact) mass is 750 g/mol. The average molecular weight is 750 g/mol. The molecular formula is C43H75NO9. The zero-order valence-electron chi connectivity index (χ0n) is 34.1. The number of hydrogen-bond acceptors (Lipinski definition) is 10. The summed E-state index contributed by atoms with van der Waals surface area (Å²) in [6.07, 6.45) is 22.7. The van der Waals surface area contributed by atoms with Crippen molar-refractivity contribution >= 4 is 18.1 Å². The molecule has 0 aliphatic carbocycles. The first-order chi connectivity index (χ1) is 25.8. The minimum absolute atomic E-state index is 0.0380. The molecule has 0 heterocycles. The Balaban J connectivity index is 2.32. The molecular weight excluding hydrogens is 674 g/mol. The molecule has 0 aliphatic heterocycles. The summed E-state index contributed by atoms with van der Waals surface area (Å²) in [4.78, 5) is 37.7. The second-order valence-corrected chi connectivity index (χ2v) is 14.3. The third-order valence-corrected chi connectivity index (χ3v) is 8.92. The Labute approximate surface area is 322 Å². The molecule has 0 saturated carbocycles. The minimum atomic E-state index is -0.692. The molecule has 1 aromatic rings. The predicted octanol–water partition coefficient (Wildman–Crippen LogP) is 10.8. The van der Waals surface area contributed by atoms with E-state index in [1.807, 2.05) is 44.1 Å². The standard InChI is InChI=1S/C43H75NO9/c1-5-7-8-9-10-15-20-27-42(46)51-34-24-19-13-11-16-21-31-48-39-28-29-40(38(36-39)37-53-43(47)52-35-25-30-44(3)4)49-32-22-17-12-14-18-23-33-50-41(45)26-6-2/h28-29,36H,5-27,30-35,37H2,1-4H3. The highest BCUT2D eigenvalue weighted by Crippen LogP contribution is 2.26. The number of esters is 2. The number of unbranched alkanes of at least 4 members (excludes halogenated alkanes) is 16. The average Bonchev–Trinajstić information content (AvgIpc) is 3.14. The summed E-state index contributed by atoms with van der Waals surface area (Å²) in [6.45, 7) is 7.58. The summed E-state index contributed by atoms with van der Waals surface area (Å²) >= 11 is 0. The van der Waals surface area contributed by atoms with Gasteiger partial charge in [0.25, 0.3) is 0 Å². The van der Waals surface area contributed by atoms with Crippen molar-refractivity contribution in [1.82, 2.24) is 4.90 Å². The number of rotatable bonds is 36. The molecule has 0 bridgehead atoms. The van der Waals surface area contributed by atoms with Crippen molar-refractivity contribution in [3.63, 3.8) is 0 Å². The van der Waals surface area contributed by atoms with Gasteiger partial charge in [-0.1, -0.05) is 104 Å².